The van der Waals surface area contributed by atoms with Gasteiger partial charge in [0.25, 0.3) is 0 Å². The van der Waals surface area contributed by atoms with E-state index in [2.05, 4.69) is 9.29 Å². The lowest BCUT2D eigenvalue weighted by molar-refractivity contribution is 0.522. The van der Waals surface area contributed by atoms with Crippen molar-refractivity contribution < 1.29 is 8.42 Å². The molecule has 0 saturated heterocycles. The summed E-state index contributed by atoms with van der Waals surface area (Å²) in [6.07, 6.45) is 5.27. The minimum absolute atomic E-state index is 0.113. The predicted octanol–water partition coefficient (Wildman–Crippen LogP) is 4.48. The van der Waals surface area contributed by atoms with Crippen molar-refractivity contribution in [2.45, 2.75) is 31.6 Å². The molecule has 0 aliphatic carbocycles. The number of rotatable bonds is 5. The SMILES string of the molecule is O=S(=O)(Cc1ccc(Cl)cc1)Nc1ccccc1-c1cn2c(n1)CCCC2. The number of nitrogens with zero attached hydrogens (tertiary/aromatic N) is 2. The highest BCUT2D eigenvalue weighted by Gasteiger charge is 2.18. The molecule has 3 aromatic rings. The first-order valence-electron chi connectivity index (χ1n) is 8.90. The van der Waals surface area contributed by atoms with Crippen molar-refractivity contribution >= 4 is 27.3 Å². The Hall–Kier alpha value is -2.31. The molecule has 0 fully saturated rings. The van der Waals surface area contributed by atoms with Gasteiger partial charge in [0.1, 0.15) is 5.82 Å². The standard InChI is InChI=1S/C20H20ClN3O2S/c21-16-10-8-15(9-11-16)14-27(25,26)23-18-6-2-1-5-17(18)19-13-24-12-4-3-7-20(24)22-19/h1-2,5-6,8-11,13,23H,3-4,7,12,14H2. The van der Waals surface area contributed by atoms with Gasteiger partial charge in [0.15, 0.2) is 0 Å². The fourth-order valence-electron chi connectivity index (χ4n) is 3.34. The number of aryl methyl sites for hydroxylation is 2. The number of anilines is 1. The highest BCUT2D eigenvalue weighted by molar-refractivity contribution is 7.91. The third-order valence-electron chi connectivity index (χ3n) is 4.65. The zero-order valence-electron chi connectivity index (χ0n) is 14.7. The van der Waals surface area contributed by atoms with Crippen molar-refractivity contribution in [2.75, 3.05) is 4.72 Å². The average molecular weight is 402 g/mol. The van der Waals surface area contributed by atoms with Gasteiger partial charge in [-0.25, -0.2) is 13.4 Å². The van der Waals surface area contributed by atoms with Gasteiger partial charge < -0.3 is 4.57 Å². The molecule has 1 aromatic heterocycles. The molecule has 0 saturated carbocycles. The Kier molecular flexibility index (Phi) is 4.93. The van der Waals surface area contributed by atoms with Crippen molar-refractivity contribution in [3.8, 4) is 11.3 Å². The number of halogens is 1. The Morgan fingerprint density at radius 3 is 2.63 bits per heavy atom. The summed E-state index contributed by atoms with van der Waals surface area (Å²) in [4.78, 5) is 4.72. The van der Waals surface area contributed by atoms with Crippen LogP contribution in [0.25, 0.3) is 11.3 Å². The summed E-state index contributed by atoms with van der Waals surface area (Å²) in [5.74, 6) is 0.952. The predicted molar refractivity (Wildman–Crippen MR) is 108 cm³/mol. The van der Waals surface area contributed by atoms with Crippen LogP contribution in [0.3, 0.4) is 0 Å². The molecule has 0 bridgehead atoms. The van der Waals surface area contributed by atoms with Crippen LogP contribution < -0.4 is 4.72 Å². The van der Waals surface area contributed by atoms with E-state index in [4.69, 9.17) is 16.6 Å². The molecule has 7 heteroatoms. The van der Waals surface area contributed by atoms with Gasteiger partial charge in [-0.1, -0.05) is 41.9 Å². The Labute approximate surface area is 164 Å². The number of hydrogen-bond donors (Lipinski definition) is 1. The van der Waals surface area contributed by atoms with Gasteiger partial charge in [-0.15, -0.1) is 0 Å². The van der Waals surface area contributed by atoms with Crippen LogP contribution in [0.5, 0.6) is 0 Å². The van der Waals surface area contributed by atoms with Gasteiger partial charge in [-0.2, -0.15) is 0 Å². The van der Waals surface area contributed by atoms with E-state index in [1.54, 1.807) is 30.3 Å². The Morgan fingerprint density at radius 1 is 1.07 bits per heavy atom. The summed E-state index contributed by atoms with van der Waals surface area (Å²) >= 11 is 5.87. The van der Waals surface area contributed by atoms with Crippen LogP contribution in [0.2, 0.25) is 5.02 Å². The maximum absolute atomic E-state index is 12.7. The monoisotopic (exact) mass is 401 g/mol. The molecule has 5 nitrogen and oxygen atoms in total. The van der Waals surface area contributed by atoms with E-state index in [1.165, 1.54) is 0 Å². The van der Waals surface area contributed by atoms with E-state index in [-0.39, 0.29) is 5.75 Å². The molecule has 0 amide bonds. The normalized spacial score (nSPS) is 14.0. The van der Waals surface area contributed by atoms with E-state index in [1.807, 2.05) is 24.4 Å². The minimum atomic E-state index is -3.56. The van der Waals surface area contributed by atoms with Gasteiger partial charge in [0.05, 0.1) is 17.1 Å². The van der Waals surface area contributed by atoms with Gasteiger partial charge in [0.2, 0.25) is 10.0 Å². The average Bonchev–Trinajstić information content (AvgIpc) is 3.07. The lowest BCUT2D eigenvalue weighted by atomic mass is 10.1. The van der Waals surface area contributed by atoms with Gasteiger partial charge in [-0.05, 0) is 36.6 Å². The fraction of sp³-hybridized carbons (Fsp3) is 0.250. The zero-order chi connectivity index (χ0) is 18.9. The number of fused-ring (bicyclic) bond motifs is 1. The second kappa shape index (κ2) is 7.37. The molecule has 0 atom stereocenters. The first-order valence-corrected chi connectivity index (χ1v) is 10.9. The molecular weight excluding hydrogens is 382 g/mol. The van der Waals surface area contributed by atoms with Crippen molar-refractivity contribution in [2.24, 2.45) is 0 Å². The fourth-order valence-corrected chi connectivity index (χ4v) is 4.68. The summed E-state index contributed by atoms with van der Waals surface area (Å²) in [5.41, 5.74) is 2.82. The van der Waals surface area contributed by atoms with Gasteiger partial charge in [-0.3, -0.25) is 4.72 Å². The lowest BCUT2D eigenvalue weighted by Gasteiger charge is -2.12. The summed E-state index contributed by atoms with van der Waals surface area (Å²) in [7, 11) is -3.56. The molecule has 1 aliphatic heterocycles. The second-order valence-electron chi connectivity index (χ2n) is 6.73. The van der Waals surface area contributed by atoms with Crippen LogP contribution in [-0.4, -0.2) is 18.0 Å². The van der Waals surface area contributed by atoms with Crippen molar-refractivity contribution in [3.63, 3.8) is 0 Å². The molecule has 27 heavy (non-hydrogen) atoms. The van der Waals surface area contributed by atoms with Gasteiger partial charge in [0, 0.05) is 29.7 Å². The first-order chi connectivity index (χ1) is 13.0. The van der Waals surface area contributed by atoms with Crippen LogP contribution >= 0.6 is 11.6 Å². The maximum Gasteiger partial charge on any atom is 0.236 e. The summed E-state index contributed by atoms with van der Waals surface area (Å²) in [6.45, 7) is 0.965. The third kappa shape index (κ3) is 4.17. The highest BCUT2D eigenvalue weighted by atomic mass is 35.5. The molecule has 1 aliphatic rings. The van der Waals surface area contributed by atoms with E-state index >= 15 is 0 Å². The maximum atomic E-state index is 12.7. The summed E-state index contributed by atoms with van der Waals surface area (Å²) < 4.78 is 30.2. The zero-order valence-corrected chi connectivity index (χ0v) is 16.3. The Morgan fingerprint density at radius 2 is 1.85 bits per heavy atom. The van der Waals surface area contributed by atoms with E-state index in [0.29, 0.717) is 16.3 Å². The molecular formula is C20H20ClN3O2S. The van der Waals surface area contributed by atoms with Crippen LogP contribution in [0, 0.1) is 0 Å². The molecule has 2 aromatic carbocycles. The van der Waals surface area contributed by atoms with Crippen LogP contribution in [0.1, 0.15) is 24.2 Å². The number of hydrogen-bond acceptors (Lipinski definition) is 3. The van der Waals surface area contributed by atoms with E-state index in [0.717, 1.165) is 42.9 Å². The number of para-hydroxylation sites is 1. The number of benzene rings is 2. The van der Waals surface area contributed by atoms with Crippen LogP contribution in [0.4, 0.5) is 5.69 Å². The van der Waals surface area contributed by atoms with Gasteiger partial charge >= 0.3 is 0 Å². The number of imidazole rings is 1. The Bertz CT molecular complexity index is 1040. The van der Waals surface area contributed by atoms with E-state index < -0.39 is 10.0 Å². The molecule has 4 rings (SSSR count). The highest BCUT2D eigenvalue weighted by Crippen LogP contribution is 2.30. The van der Waals surface area contributed by atoms with Crippen LogP contribution in [-0.2, 0) is 28.7 Å². The van der Waals surface area contributed by atoms with Crippen molar-refractivity contribution in [1.82, 2.24) is 9.55 Å². The topological polar surface area (TPSA) is 64.0 Å². The van der Waals surface area contributed by atoms with Crippen LogP contribution in [0.15, 0.2) is 54.7 Å². The molecule has 0 unspecified atom stereocenters. The largest absolute Gasteiger partial charge is 0.334 e. The number of aromatic nitrogens is 2. The molecule has 1 N–H and O–H groups in total. The van der Waals surface area contributed by atoms with Crippen molar-refractivity contribution in [3.05, 3.63) is 71.1 Å². The summed E-state index contributed by atoms with van der Waals surface area (Å²) in [5, 5.41) is 0.582. The summed E-state index contributed by atoms with van der Waals surface area (Å²) in [6, 6.07) is 14.2. The Balaban J connectivity index is 1.61. The molecule has 0 radical (unpaired) electrons. The molecule has 2 heterocycles. The van der Waals surface area contributed by atoms with E-state index in [9.17, 15) is 8.42 Å². The lowest BCUT2D eigenvalue weighted by Crippen LogP contribution is -2.15. The minimum Gasteiger partial charge on any atom is -0.334 e. The third-order valence-corrected chi connectivity index (χ3v) is 6.14. The van der Waals surface area contributed by atoms with Crippen molar-refractivity contribution in [1.29, 1.82) is 0 Å². The number of nitrogens with one attached hydrogen (secondary N) is 1. The molecule has 0 spiro atoms. The first kappa shape index (κ1) is 18.1. The number of sulfonamides is 1. The second-order valence-corrected chi connectivity index (χ2v) is 8.88. The molecule has 140 valence electrons. The quantitative estimate of drug-likeness (QED) is 0.685. The smallest absolute Gasteiger partial charge is 0.236 e.